The Kier molecular flexibility index (Phi) is 10.5. The third-order valence-corrected chi connectivity index (χ3v) is 5.33. The van der Waals surface area contributed by atoms with E-state index >= 15 is 0 Å². The van der Waals surface area contributed by atoms with Crippen molar-refractivity contribution in [2.45, 2.75) is 88.9 Å². The van der Waals surface area contributed by atoms with E-state index in [1.165, 1.54) is 5.57 Å². The van der Waals surface area contributed by atoms with Gasteiger partial charge in [-0.15, -0.1) is 0 Å². The lowest BCUT2D eigenvalue weighted by Crippen LogP contribution is -2.60. The molecule has 31 heavy (non-hydrogen) atoms. The zero-order valence-corrected chi connectivity index (χ0v) is 18.2. The molecule has 2 rings (SSSR count). The van der Waals surface area contributed by atoms with Crippen LogP contribution in [0.5, 0.6) is 0 Å². The lowest BCUT2D eigenvalue weighted by molar-refractivity contribution is -0.319. The molecular weight excluding hydrogens is 412 g/mol. The minimum atomic E-state index is -1.53. The third kappa shape index (κ3) is 7.57. The zero-order valence-electron chi connectivity index (χ0n) is 18.2. The molecule has 6 N–H and O–H groups in total. The first kappa shape index (κ1) is 26.3. The summed E-state index contributed by atoms with van der Waals surface area (Å²) in [7, 11) is 0. The Morgan fingerprint density at radius 2 is 1.52 bits per heavy atom. The van der Waals surface area contributed by atoms with Crippen molar-refractivity contribution >= 4 is 0 Å². The van der Waals surface area contributed by atoms with Crippen molar-refractivity contribution in [1.82, 2.24) is 0 Å². The Labute approximate surface area is 182 Å². The van der Waals surface area contributed by atoms with Gasteiger partial charge < -0.3 is 49.6 Å². The van der Waals surface area contributed by atoms with Crippen molar-refractivity contribution in [3.05, 3.63) is 23.3 Å². The maximum atomic E-state index is 10.2. The highest BCUT2D eigenvalue weighted by molar-refractivity contribution is 5.02. The maximum absolute atomic E-state index is 10.2. The molecule has 9 atom stereocenters. The van der Waals surface area contributed by atoms with Gasteiger partial charge in [-0.1, -0.05) is 23.3 Å². The Balaban J connectivity index is 1.86. The highest BCUT2D eigenvalue weighted by Gasteiger charge is 2.45. The van der Waals surface area contributed by atoms with Gasteiger partial charge in [0.15, 0.2) is 12.6 Å². The van der Waals surface area contributed by atoms with Crippen LogP contribution in [0.25, 0.3) is 0 Å². The quantitative estimate of drug-likeness (QED) is 0.241. The topological polar surface area (TPSA) is 158 Å². The van der Waals surface area contributed by atoms with Crippen LogP contribution in [0.1, 0.15) is 33.6 Å². The molecule has 0 amide bonds. The van der Waals surface area contributed by atoms with Crippen molar-refractivity contribution in [2.24, 2.45) is 0 Å². The van der Waals surface area contributed by atoms with Crippen LogP contribution >= 0.6 is 0 Å². The maximum Gasteiger partial charge on any atom is 0.187 e. The third-order valence-electron chi connectivity index (χ3n) is 5.33. The van der Waals surface area contributed by atoms with Gasteiger partial charge >= 0.3 is 0 Å². The molecule has 0 aromatic heterocycles. The molecule has 2 heterocycles. The van der Waals surface area contributed by atoms with Crippen LogP contribution < -0.4 is 0 Å². The number of hydrogen-bond donors (Lipinski definition) is 6. The largest absolute Gasteiger partial charge is 0.388 e. The summed E-state index contributed by atoms with van der Waals surface area (Å²) in [5.41, 5.74) is 2.35. The molecule has 0 spiro atoms. The van der Waals surface area contributed by atoms with Gasteiger partial charge in [-0.3, -0.25) is 0 Å². The summed E-state index contributed by atoms with van der Waals surface area (Å²) in [5.74, 6) is 0. The van der Waals surface area contributed by atoms with E-state index < -0.39 is 55.3 Å². The number of aliphatic hydroxyl groups is 6. The molecule has 2 fully saturated rings. The lowest BCUT2D eigenvalue weighted by Gasteiger charge is -2.41. The molecule has 0 aromatic carbocycles. The van der Waals surface area contributed by atoms with Gasteiger partial charge in [-0.05, 0) is 33.6 Å². The van der Waals surface area contributed by atoms with Crippen molar-refractivity contribution in [2.75, 3.05) is 19.8 Å². The molecule has 0 aliphatic carbocycles. The second-order valence-corrected chi connectivity index (χ2v) is 8.30. The van der Waals surface area contributed by atoms with Gasteiger partial charge in [0.05, 0.1) is 19.8 Å². The molecule has 0 saturated carbocycles. The smallest absolute Gasteiger partial charge is 0.187 e. The molecule has 10 heteroatoms. The van der Waals surface area contributed by atoms with Crippen molar-refractivity contribution < 1.29 is 49.6 Å². The van der Waals surface area contributed by atoms with E-state index in [-0.39, 0.29) is 19.8 Å². The molecule has 2 saturated heterocycles. The monoisotopic (exact) mass is 448 g/mol. The van der Waals surface area contributed by atoms with Crippen LogP contribution in [0.2, 0.25) is 0 Å². The standard InChI is InChI=1S/C21H36O10/c1-11(2)5-4-6-12(3)7-8-28-21-19(27)17(25)16(24)14(31-21)10-30-20-18(26)15(23)13(22)9-29-20/h5,7,13-27H,4,6,8-10H2,1-3H3. The Morgan fingerprint density at radius 1 is 0.839 bits per heavy atom. The van der Waals surface area contributed by atoms with E-state index in [2.05, 4.69) is 6.08 Å². The Bertz CT molecular complexity index is 605. The molecule has 2 aliphatic rings. The van der Waals surface area contributed by atoms with Crippen LogP contribution in [0.15, 0.2) is 23.3 Å². The number of allylic oxidation sites excluding steroid dienone is 3. The van der Waals surface area contributed by atoms with Gasteiger partial charge in [0, 0.05) is 0 Å². The van der Waals surface area contributed by atoms with Crippen LogP contribution in [0.3, 0.4) is 0 Å². The lowest BCUT2D eigenvalue weighted by atomic mass is 9.99. The number of ether oxygens (including phenoxy) is 4. The fourth-order valence-corrected chi connectivity index (χ4v) is 3.28. The van der Waals surface area contributed by atoms with E-state index in [9.17, 15) is 30.6 Å². The summed E-state index contributed by atoms with van der Waals surface area (Å²) >= 11 is 0. The summed E-state index contributed by atoms with van der Waals surface area (Å²) < 4.78 is 21.6. The predicted molar refractivity (Wildman–Crippen MR) is 109 cm³/mol. The van der Waals surface area contributed by atoms with Crippen LogP contribution in [0, 0.1) is 0 Å². The van der Waals surface area contributed by atoms with E-state index in [0.29, 0.717) is 0 Å². The number of rotatable bonds is 9. The average Bonchev–Trinajstić information content (AvgIpc) is 2.72. The Morgan fingerprint density at radius 3 is 2.19 bits per heavy atom. The SMILES string of the molecule is CC(C)=CCCC(C)=CCOC1OC(COC2OCC(O)C(O)C2O)C(O)C(O)C1O. The molecule has 0 bridgehead atoms. The normalized spacial score (nSPS) is 39.4. The molecule has 10 nitrogen and oxygen atoms in total. The zero-order chi connectivity index (χ0) is 23.1. The molecule has 0 aromatic rings. The molecule has 9 unspecified atom stereocenters. The van der Waals surface area contributed by atoms with Crippen LogP contribution in [-0.4, -0.2) is 106 Å². The molecule has 2 aliphatic heterocycles. The summed E-state index contributed by atoms with van der Waals surface area (Å²) in [6, 6.07) is 0. The van der Waals surface area contributed by atoms with Gasteiger partial charge in [0.1, 0.15) is 42.7 Å². The average molecular weight is 449 g/mol. The van der Waals surface area contributed by atoms with Gasteiger partial charge in [0.25, 0.3) is 0 Å². The summed E-state index contributed by atoms with van der Waals surface area (Å²) in [6.07, 6.45) is -6.36. The van der Waals surface area contributed by atoms with Crippen LogP contribution in [0.4, 0.5) is 0 Å². The first-order valence-corrected chi connectivity index (χ1v) is 10.5. The predicted octanol–water partition coefficient (Wildman–Crippen LogP) is -1.04. The van der Waals surface area contributed by atoms with E-state index in [1.807, 2.05) is 26.8 Å². The highest BCUT2D eigenvalue weighted by atomic mass is 16.7. The summed E-state index contributed by atoms with van der Waals surface area (Å²) in [4.78, 5) is 0. The minimum absolute atomic E-state index is 0.146. The van der Waals surface area contributed by atoms with Gasteiger partial charge in [-0.25, -0.2) is 0 Å². The number of aliphatic hydroxyl groups excluding tert-OH is 6. The van der Waals surface area contributed by atoms with Crippen molar-refractivity contribution in [3.63, 3.8) is 0 Å². The highest BCUT2D eigenvalue weighted by Crippen LogP contribution is 2.24. The van der Waals surface area contributed by atoms with E-state index in [4.69, 9.17) is 18.9 Å². The van der Waals surface area contributed by atoms with E-state index in [0.717, 1.165) is 18.4 Å². The summed E-state index contributed by atoms with van der Waals surface area (Å²) in [6.45, 7) is 5.65. The number of hydrogen-bond acceptors (Lipinski definition) is 10. The summed E-state index contributed by atoms with van der Waals surface area (Å²) in [5, 5.41) is 59.6. The van der Waals surface area contributed by atoms with Gasteiger partial charge in [0.2, 0.25) is 0 Å². The van der Waals surface area contributed by atoms with Crippen molar-refractivity contribution in [1.29, 1.82) is 0 Å². The molecule has 0 radical (unpaired) electrons. The first-order valence-electron chi connectivity index (χ1n) is 10.5. The van der Waals surface area contributed by atoms with Gasteiger partial charge in [-0.2, -0.15) is 0 Å². The van der Waals surface area contributed by atoms with Crippen molar-refractivity contribution in [3.8, 4) is 0 Å². The second kappa shape index (κ2) is 12.4. The minimum Gasteiger partial charge on any atom is -0.388 e. The molecule has 180 valence electrons. The fraction of sp³-hybridized carbons (Fsp3) is 0.810. The van der Waals surface area contributed by atoms with E-state index in [1.54, 1.807) is 0 Å². The second-order valence-electron chi connectivity index (χ2n) is 8.30. The van der Waals surface area contributed by atoms with Crippen LogP contribution in [-0.2, 0) is 18.9 Å². The molecular formula is C21H36O10. The Hall–Kier alpha value is -0.920. The first-order chi connectivity index (χ1) is 14.6. The fourth-order valence-electron chi connectivity index (χ4n) is 3.28.